The molecule has 2 rings (SSSR count). The number of hydrogen-bond donors (Lipinski definition) is 1. The molecule has 1 aromatic rings. The SMILES string of the molecule is CCC(N)Cc1ccc(N2CCC(C)C(OC)C2)c(F)c1. The molecule has 1 aliphatic heterocycles. The standard InChI is InChI=1S/C17H27FN2O/c1-4-14(19)9-13-5-6-16(15(18)10-13)20-8-7-12(2)17(11-20)21-3/h5-6,10,12,14,17H,4,7-9,11,19H2,1-3H3. The van der Waals surface area contributed by atoms with Crippen molar-refractivity contribution in [2.45, 2.75) is 45.3 Å². The molecule has 1 fully saturated rings. The number of rotatable bonds is 5. The molecule has 1 heterocycles. The molecule has 2 N–H and O–H groups in total. The van der Waals surface area contributed by atoms with Crippen LogP contribution in [-0.4, -0.2) is 32.3 Å². The van der Waals surface area contributed by atoms with Crippen molar-refractivity contribution in [3.05, 3.63) is 29.6 Å². The Bertz CT molecular complexity index is 466. The molecule has 1 aromatic carbocycles. The summed E-state index contributed by atoms with van der Waals surface area (Å²) >= 11 is 0. The van der Waals surface area contributed by atoms with Crippen molar-refractivity contribution < 1.29 is 9.13 Å². The number of nitrogens with two attached hydrogens (primary N) is 1. The van der Waals surface area contributed by atoms with Gasteiger partial charge >= 0.3 is 0 Å². The summed E-state index contributed by atoms with van der Waals surface area (Å²) in [6.45, 7) is 5.88. The van der Waals surface area contributed by atoms with E-state index in [0.717, 1.165) is 37.9 Å². The molecule has 0 aliphatic carbocycles. The minimum Gasteiger partial charge on any atom is -0.379 e. The predicted molar refractivity (Wildman–Crippen MR) is 85.2 cm³/mol. The molecule has 1 saturated heterocycles. The lowest BCUT2D eigenvalue weighted by molar-refractivity contribution is 0.0497. The summed E-state index contributed by atoms with van der Waals surface area (Å²) in [5.41, 5.74) is 7.59. The highest BCUT2D eigenvalue weighted by Crippen LogP contribution is 2.27. The van der Waals surface area contributed by atoms with E-state index < -0.39 is 0 Å². The van der Waals surface area contributed by atoms with Crippen molar-refractivity contribution in [1.29, 1.82) is 0 Å². The van der Waals surface area contributed by atoms with Gasteiger partial charge in [0.15, 0.2) is 0 Å². The molecular formula is C17H27FN2O. The van der Waals surface area contributed by atoms with E-state index in [1.165, 1.54) is 0 Å². The number of benzene rings is 1. The molecule has 0 aromatic heterocycles. The quantitative estimate of drug-likeness (QED) is 0.907. The topological polar surface area (TPSA) is 38.5 Å². The maximum atomic E-state index is 14.4. The van der Waals surface area contributed by atoms with Crippen molar-refractivity contribution in [2.75, 3.05) is 25.1 Å². The summed E-state index contributed by atoms with van der Waals surface area (Å²) in [5.74, 6) is 0.372. The first-order chi connectivity index (χ1) is 10.0. The van der Waals surface area contributed by atoms with Crippen LogP contribution in [-0.2, 0) is 11.2 Å². The van der Waals surface area contributed by atoms with E-state index in [1.807, 2.05) is 12.1 Å². The zero-order valence-electron chi connectivity index (χ0n) is 13.3. The van der Waals surface area contributed by atoms with Crippen LogP contribution in [0.3, 0.4) is 0 Å². The first-order valence-electron chi connectivity index (χ1n) is 7.86. The lowest BCUT2D eigenvalue weighted by atomic mass is 9.95. The van der Waals surface area contributed by atoms with E-state index in [2.05, 4.69) is 18.7 Å². The van der Waals surface area contributed by atoms with E-state index >= 15 is 0 Å². The number of piperidine rings is 1. The van der Waals surface area contributed by atoms with Gasteiger partial charge in [0, 0.05) is 26.2 Å². The second-order valence-corrected chi connectivity index (χ2v) is 6.14. The number of hydrogen-bond acceptors (Lipinski definition) is 3. The second kappa shape index (κ2) is 7.23. The molecule has 0 saturated carbocycles. The summed E-state index contributed by atoms with van der Waals surface area (Å²) in [5, 5.41) is 0. The molecule has 4 heteroatoms. The van der Waals surface area contributed by atoms with Crippen LogP contribution in [0, 0.1) is 11.7 Å². The Balaban J connectivity index is 2.10. The molecule has 0 bridgehead atoms. The molecule has 21 heavy (non-hydrogen) atoms. The van der Waals surface area contributed by atoms with Gasteiger partial charge in [0.2, 0.25) is 0 Å². The van der Waals surface area contributed by atoms with E-state index in [1.54, 1.807) is 13.2 Å². The lowest BCUT2D eigenvalue weighted by Gasteiger charge is -2.37. The van der Waals surface area contributed by atoms with Crippen LogP contribution < -0.4 is 10.6 Å². The molecular weight excluding hydrogens is 267 g/mol. The maximum absolute atomic E-state index is 14.4. The molecule has 3 atom stereocenters. The fourth-order valence-corrected chi connectivity index (χ4v) is 2.94. The van der Waals surface area contributed by atoms with E-state index in [0.29, 0.717) is 11.6 Å². The van der Waals surface area contributed by atoms with Crippen LogP contribution >= 0.6 is 0 Å². The van der Waals surface area contributed by atoms with Crippen molar-refractivity contribution in [3.63, 3.8) is 0 Å². The Hall–Kier alpha value is -1.13. The van der Waals surface area contributed by atoms with Gasteiger partial charge in [-0.25, -0.2) is 4.39 Å². The third-order valence-electron chi connectivity index (χ3n) is 4.57. The van der Waals surface area contributed by atoms with Crippen LogP contribution in [0.5, 0.6) is 0 Å². The van der Waals surface area contributed by atoms with Crippen LogP contribution in [0.2, 0.25) is 0 Å². The first kappa shape index (κ1) is 16.2. The van der Waals surface area contributed by atoms with Gasteiger partial charge in [-0.05, 0) is 42.9 Å². The Morgan fingerprint density at radius 2 is 2.24 bits per heavy atom. The van der Waals surface area contributed by atoms with E-state index in [-0.39, 0.29) is 18.0 Å². The highest BCUT2D eigenvalue weighted by Gasteiger charge is 2.27. The molecule has 0 amide bonds. The summed E-state index contributed by atoms with van der Waals surface area (Å²) < 4.78 is 19.9. The number of nitrogens with zero attached hydrogens (tertiary/aromatic N) is 1. The summed E-state index contributed by atoms with van der Waals surface area (Å²) in [4.78, 5) is 2.09. The van der Waals surface area contributed by atoms with Gasteiger partial charge in [-0.2, -0.15) is 0 Å². The smallest absolute Gasteiger partial charge is 0.146 e. The van der Waals surface area contributed by atoms with Crippen molar-refractivity contribution >= 4 is 5.69 Å². The Morgan fingerprint density at radius 1 is 1.48 bits per heavy atom. The fraction of sp³-hybridized carbons (Fsp3) is 0.647. The largest absolute Gasteiger partial charge is 0.379 e. The van der Waals surface area contributed by atoms with Crippen molar-refractivity contribution in [2.24, 2.45) is 11.7 Å². The summed E-state index contributed by atoms with van der Waals surface area (Å²) in [6, 6.07) is 5.61. The molecule has 3 nitrogen and oxygen atoms in total. The van der Waals surface area contributed by atoms with Gasteiger partial charge in [0.1, 0.15) is 5.82 Å². The number of ether oxygens (including phenoxy) is 1. The van der Waals surface area contributed by atoms with Gasteiger partial charge in [-0.1, -0.05) is 19.9 Å². The first-order valence-corrected chi connectivity index (χ1v) is 7.86. The Kier molecular flexibility index (Phi) is 5.59. The average molecular weight is 294 g/mol. The average Bonchev–Trinajstić information content (AvgIpc) is 2.48. The van der Waals surface area contributed by atoms with Crippen molar-refractivity contribution in [3.8, 4) is 0 Å². The molecule has 0 radical (unpaired) electrons. The van der Waals surface area contributed by atoms with Crippen molar-refractivity contribution in [1.82, 2.24) is 0 Å². The van der Waals surface area contributed by atoms with Crippen LogP contribution in [0.4, 0.5) is 10.1 Å². The normalized spacial score (nSPS) is 24.1. The molecule has 118 valence electrons. The van der Waals surface area contributed by atoms with Crippen LogP contribution in [0.15, 0.2) is 18.2 Å². The van der Waals surface area contributed by atoms with Crippen LogP contribution in [0.1, 0.15) is 32.3 Å². The third-order valence-corrected chi connectivity index (χ3v) is 4.57. The summed E-state index contributed by atoms with van der Waals surface area (Å²) in [6.07, 6.45) is 2.83. The molecule has 0 spiro atoms. The summed E-state index contributed by atoms with van der Waals surface area (Å²) in [7, 11) is 1.73. The van der Waals surface area contributed by atoms with Gasteiger partial charge in [-0.15, -0.1) is 0 Å². The fourth-order valence-electron chi connectivity index (χ4n) is 2.94. The Morgan fingerprint density at radius 3 is 2.86 bits per heavy atom. The second-order valence-electron chi connectivity index (χ2n) is 6.14. The maximum Gasteiger partial charge on any atom is 0.146 e. The van der Waals surface area contributed by atoms with E-state index in [4.69, 9.17) is 10.5 Å². The lowest BCUT2D eigenvalue weighted by Crippen LogP contribution is -2.44. The van der Waals surface area contributed by atoms with Crippen LogP contribution in [0.25, 0.3) is 0 Å². The minimum atomic E-state index is -0.153. The zero-order valence-corrected chi connectivity index (χ0v) is 13.3. The highest BCUT2D eigenvalue weighted by molar-refractivity contribution is 5.50. The number of anilines is 1. The molecule has 3 unspecified atom stereocenters. The zero-order chi connectivity index (χ0) is 15.4. The van der Waals surface area contributed by atoms with Gasteiger partial charge in [-0.3, -0.25) is 0 Å². The van der Waals surface area contributed by atoms with Gasteiger partial charge < -0.3 is 15.4 Å². The minimum absolute atomic E-state index is 0.101. The van der Waals surface area contributed by atoms with Gasteiger partial charge in [0.25, 0.3) is 0 Å². The Labute approximate surface area is 127 Å². The molecule has 1 aliphatic rings. The number of methoxy groups -OCH3 is 1. The van der Waals surface area contributed by atoms with E-state index in [9.17, 15) is 4.39 Å². The highest BCUT2D eigenvalue weighted by atomic mass is 19.1. The monoisotopic (exact) mass is 294 g/mol. The third kappa shape index (κ3) is 3.95. The van der Waals surface area contributed by atoms with Gasteiger partial charge in [0.05, 0.1) is 11.8 Å². The number of halogens is 1. The predicted octanol–water partition coefficient (Wildman–Crippen LogP) is 2.97.